The van der Waals surface area contributed by atoms with E-state index in [1.54, 1.807) is 13.0 Å². The van der Waals surface area contributed by atoms with Crippen LogP contribution in [0.15, 0.2) is 30.3 Å². The quantitative estimate of drug-likeness (QED) is 0.564. The third-order valence-corrected chi connectivity index (χ3v) is 3.24. The summed E-state index contributed by atoms with van der Waals surface area (Å²) in [5.41, 5.74) is 0.873. The maximum atomic E-state index is 13.8. The van der Waals surface area contributed by atoms with Crippen molar-refractivity contribution in [3.63, 3.8) is 0 Å². The lowest BCUT2D eigenvalue weighted by Crippen LogP contribution is -2.03. The monoisotopic (exact) mass is 267 g/mol. The molecule has 19 heavy (non-hydrogen) atoms. The van der Waals surface area contributed by atoms with Crippen LogP contribution in [0.1, 0.15) is 11.1 Å². The van der Waals surface area contributed by atoms with Crippen molar-refractivity contribution in [2.24, 2.45) is 0 Å². The minimum Gasteiger partial charge on any atom is -0.354 e. The molecule has 0 spiro atoms. The maximum Gasteiger partial charge on any atom is 0.416 e. The molecule has 0 saturated carbocycles. The summed E-state index contributed by atoms with van der Waals surface area (Å²) >= 11 is 0. The topological polar surface area (TPSA) is 15.8 Å². The lowest BCUT2D eigenvalue weighted by Gasteiger charge is -2.05. The third kappa shape index (κ3) is 1.77. The molecule has 1 nitrogen and oxygen atoms in total. The maximum absolute atomic E-state index is 13.8. The second-order valence-corrected chi connectivity index (χ2v) is 4.50. The zero-order valence-corrected chi connectivity index (χ0v) is 9.90. The summed E-state index contributed by atoms with van der Waals surface area (Å²) in [6.07, 6.45) is -4.40. The van der Waals surface area contributed by atoms with Gasteiger partial charge in [-0.15, -0.1) is 0 Å². The molecule has 2 aromatic carbocycles. The Hall–Kier alpha value is -2.04. The van der Waals surface area contributed by atoms with Crippen LogP contribution in [0.2, 0.25) is 0 Å². The number of rotatable bonds is 0. The summed E-state index contributed by atoms with van der Waals surface area (Å²) in [5.74, 6) is -0.438. The van der Waals surface area contributed by atoms with Crippen LogP contribution in [-0.4, -0.2) is 4.98 Å². The number of aromatic nitrogens is 1. The van der Waals surface area contributed by atoms with Gasteiger partial charge in [0.2, 0.25) is 0 Å². The Morgan fingerprint density at radius 3 is 2.47 bits per heavy atom. The van der Waals surface area contributed by atoms with E-state index >= 15 is 0 Å². The molecule has 5 heteroatoms. The van der Waals surface area contributed by atoms with Crippen LogP contribution >= 0.6 is 0 Å². The van der Waals surface area contributed by atoms with Crippen molar-refractivity contribution in [3.05, 3.63) is 47.3 Å². The number of alkyl halides is 3. The van der Waals surface area contributed by atoms with Gasteiger partial charge in [0.1, 0.15) is 5.82 Å². The number of nitrogens with one attached hydrogen (secondary N) is 1. The van der Waals surface area contributed by atoms with Gasteiger partial charge in [-0.1, -0.05) is 12.1 Å². The van der Waals surface area contributed by atoms with Gasteiger partial charge in [0.25, 0.3) is 0 Å². The van der Waals surface area contributed by atoms with E-state index in [1.807, 2.05) is 0 Å². The molecule has 0 aliphatic heterocycles. The molecule has 3 aromatic rings. The van der Waals surface area contributed by atoms with Crippen LogP contribution in [0.5, 0.6) is 0 Å². The summed E-state index contributed by atoms with van der Waals surface area (Å²) in [7, 11) is 0. The molecule has 0 saturated heterocycles. The second kappa shape index (κ2) is 3.73. The van der Waals surface area contributed by atoms with Gasteiger partial charge in [-0.05, 0) is 30.7 Å². The van der Waals surface area contributed by atoms with Gasteiger partial charge in [-0.3, -0.25) is 0 Å². The Bertz CT molecular complexity index is 783. The largest absolute Gasteiger partial charge is 0.416 e. The zero-order valence-electron chi connectivity index (χ0n) is 9.90. The highest BCUT2D eigenvalue weighted by Gasteiger charge is 2.30. The Balaban J connectivity index is 2.41. The average molecular weight is 267 g/mol. The SMILES string of the molecule is Cc1ccc(F)c2c1[nH]c1cc(C(F)(F)F)ccc12. The van der Waals surface area contributed by atoms with E-state index in [2.05, 4.69) is 4.98 Å². The lowest BCUT2D eigenvalue weighted by atomic mass is 10.1. The molecule has 1 heterocycles. The molecule has 1 N–H and O–H groups in total. The number of hydrogen-bond donors (Lipinski definition) is 1. The van der Waals surface area contributed by atoms with E-state index in [9.17, 15) is 17.6 Å². The molecule has 0 atom stereocenters. The fourth-order valence-electron chi connectivity index (χ4n) is 2.28. The predicted molar refractivity (Wildman–Crippen MR) is 65.5 cm³/mol. The molecule has 0 fully saturated rings. The zero-order chi connectivity index (χ0) is 13.8. The molecule has 0 aliphatic carbocycles. The number of halogens is 4. The highest BCUT2D eigenvalue weighted by Crippen LogP contribution is 2.35. The van der Waals surface area contributed by atoms with Gasteiger partial charge in [-0.25, -0.2) is 4.39 Å². The summed E-state index contributed by atoms with van der Waals surface area (Å²) in [5, 5.41) is 0.799. The van der Waals surface area contributed by atoms with E-state index in [1.165, 1.54) is 12.1 Å². The minimum absolute atomic E-state index is 0.290. The van der Waals surface area contributed by atoms with E-state index in [4.69, 9.17) is 0 Å². The lowest BCUT2D eigenvalue weighted by molar-refractivity contribution is -0.137. The molecule has 0 bridgehead atoms. The molecule has 0 amide bonds. The Labute approximate surface area is 105 Å². The summed E-state index contributed by atoms with van der Waals surface area (Å²) in [6, 6.07) is 6.20. The van der Waals surface area contributed by atoms with Gasteiger partial charge in [0.15, 0.2) is 0 Å². The molecule has 3 rings (SSSR count). The van der Waals surface area contributed by atoms with Crippen molar-refractivity contribution in [2.75, 3.05) is 0 Å². The Morgan fingerprint density at radius 1 is 1.05 bits per heavy atom. The highest BCUT2D eigenvalue weighted by molar-refractivity contribution is 6.08. The summed E-state index contributed by atoms with van der Waals surface area (Å²) in [6.45, 7) is 1.78. The summed E-state index contributed by atoms with van der Waals surface area (Å²) < 4.78 is 51.7. The number of aryl methyl sites for hydroxylation is 1. The van der Waals surface area contributed by atoms with Gasteiger partial charge in [-0.2, -0.15) is 13.2 Å². The smallest absolute Gasteiger partial charge is 0.354 e. The predicted octanol–water partition coefficient (Wildman–Crippen LogP) is 4.79. The van der Waals surface area contributed by atoms with Gasteiger partial charge in [0, 0.05) is 16.3 Å². The van der Waals surface area contributed by atoms with E-state index < -0.39 is 17.6 Å². The van der Waals surface area contributed by atoms with Crippen molar-refractivity contribution in [3.8, 4) is 0 Å². The van der Waals surface area contributed by atoms with Gasteiger partial charge < -0.3 is 4.98 Å². The average Bonchev–Trinajstić information content (AvgIpc) is 2.72. The van der Waals surface area contributed by atoms with Crippen molar-refractivity contribution in [1.82, 2.24) is 4.98 Å². The van der Waals surface area contributed by atoms with Crippen LogP contribution in [0, 0.1) is 12.7 Å². The Morgan fingerprint density at radius 2 is 1.79 bits per heavy atom. The second-order valence-electron chi connectivity index (χ2n) is 4.50. The fraction of sp³-hybridized carbons (Fsp3) is 0.143. The molecule has 0 unspecified atom stereocenters. The normalized spacial score (nSPS) is 12.5. The standard InChI is InChI=1S/C14H9F4N/c1-7-2-5-10(15)12-9-4-3-8(14(16,17)18)6-11(9)19-13(7)12/h2-6,19H,1H3. The number of hydrogen-bond acceptors (Lipinski definition) is 0. The van der Waals surface area contributed by atoms with Crippen molar-refractivity contribution >= 4 is 21.8 Å². The first-order chi connectivity index (χ1) is 8.88. The third-order valence-electron chi connectivity index (χ3n) is 3.24. The molecule has 1 aromatic heterocycles. The first kappa shape index (κ1) is 12.0. The Kier molecular flexibility index (Phi) is 2.36. The van der Waals surface area contributed by atoms with E-state index in [0.717, 1.165) is 17.7 Å². The van der Waals surface area contributed by atoms with Crippen molar-refractivity contribution in [1.29, 1.82) is 0 Å². The molecular weight excluding hydrogens is 258 g/mol. The number of aromatic amines is 1. The van der Waals surface area contributed by atoms with Crippen LogP contribution in [0.4, 0.5) is 17.6 Å². The summed E-state index contributed by atoms with van der Waals surface area (Å²) in [4.78, 5) is 2.86. The van der Waals surface area contributed by atoms with Crippen molar-refractivity contribution < 1.29 is 17.6 Å². The minimum atomic E-state index is -4.40. The highest BCUT2D eigenvalue weighted by atomic mass is 19.4. The number of benzene rings is 2. The molecular formula is C14H9F4N. The number of fused-ring (bicyclic) bond motifs is 3. The van der Waals surface area contributed by atoms with Crippen molar-refractivity contribution in [2.45, 2.75) is 13.1 Å². The van der Waals surface area contributed by atoms with E-state index in [-0.39, 0.29) is 5.52 Å². The van der Waals surface area contributed by atoms with Crippen LogP contribution in [0.25, 0.3) is 21.8 Å². The van der Waals surface area contributed by atoms with Crippen LogP contribution in [-0.2, 0) is 6.18 Å². The van der Waals surface area contributed by atoms with Crippen LogP contribution < -0.4 is 0 Å². The number of H-pyrrole nitrogens is 1. The van der Waals surface area contributed by atoms with Crippen LogP contribution in [0.3, 0.4) is 0 Å². The van der Waals surface area contributed by atoms with Gasteiger partial charge in [0.05, 0.1) is 11.1 Å². The molecule has 98 valence electrons. The fourth-order valence-corrected chi connectivity index (χ4v) is 2.28. The van der Waals surface area contributed by atoms with Gasteiger partial charge >= 0.3 is 6.18 Å². The van der Waals surface area contributed by atoms with E-state index in [0.29, 0.717) is 16.3 Å². The first-order valence-corrected chi connectivity index (χ1v) is 5.65. The first-order valence-electron chi connectivity index (χ1n) is 5.65. The molecule has 0 radical (unpaired) electrons. The molecule has 0 aliphatic rings.